The van der Waals surface area contributed by atoms with E-state index in [0.717, 1.165) is 38.9 Å². The number of aromatic nitrogens is 1. The van der Waals surface area contributed by atoms with Gasteiger partial charge in [0.2, 0.25) is 5.43 Å². The first-order chi connectivity index (χ1) is 15.9. The van der Waals surface area contributed by atoms with Crippen LogP contribution in [0.3, 0.4) is 0 Å². The third kappa shape index (κ3) is 4.25. The van der Waals surface area contributed by atoms with Crippen LogP contribution < -0.4 is 10.3 Å². The number of nitrogens with zero attached hydrogens (tertiary/aromatic N) is 3. The van der Waals surface area contributed by atoms with Crippen molar-refractivity contribution in [3.05, 3.63) is 75.3 Å². The first kappa shape index (κ1) is 21.6. The van der Waals surface area contributed by atoms with Crippen LogP contribution in [0.4, 0.5) is 10.1 Å². The van der Waals surface area contributed by atoms with Crippen molar-refractivity contribution in [2.24, 2.45) is 0 Å². The number of carbonyl (C=O) groups is 1. The molecule has 0 atom stereocenters. The van der Waals surface area contributed by atoms with Gasteiger partial charge in [-0.25, -0.2) is 9.18 Å². The molecule has 3 aromatic rings. The number of piperazine rings is 1. The summed E-state index contributed by atoms with van der Waals surface area (Å²) in [7, 11) is 0. The molecule has 0 unspecified atom stereocenters. The predicted octanol–water partition coefficient (Wildman–Crippen LogP) is 4.06. The maximum Gasteiger partial charge on any atom is 0.341 e. The van der Waals surface area contributed by atoms with Crippen LogP contribution >= 0.6 is 0 Å². The highest BCUT2D eigenvalue weighted by atomic mass is 19.1. The van der Waals surface area contributed by atoms with Crippen molar-refractivity contribution >= 4 is 22.6 Å². The lowest BCUT2D eigenvalue weighted by Crippen LogP contribution is -2.46. The number of fused-ring (bicyclic) bond motifs is 1. The normalized spacial score (nSPS) is 17.0. The van der Waals surface area contributed by atoms with E-state index in [0.29, 0.717) is 24.3 Å². The van der Waals surface area contributed by atoms with Crippen molar-refractivity contribution in [3.63, 3.8) is 0 Å². The molecule has 2 aromatic carbocycles. The summed E-state index contributed by atoms with van der Waals surface area (Å²) in [6.07, 6.45) is 4.32. The van der Waals surface area contributed by atoms with Crippen LogP contribution in [-0.4, -0.2) is 46.7 Å². The minimum Gasteiger partial charge on any atom is -0.477 e. The molecule has 7 heteroatoms. The van der Waals surface area contributed by atoms with Gasteiger partial charge in [-0.05, 0) is 42.5 Å². The van der Waals surface area contributed by atoms with Crippen molar-refractivity contribution in [3.8, 4) is 0 Å². The summed E-state index contributed by atoms with van der Waals surface area (Å²) in [6.45, 7) is 6.04. The van der Waals surface area contributed by atoms with Gasteiger partial charge in [0.1, 0.15) is 11.4 Å². The number of halogens is 1. The summed E-state index contributed by atoms with van der Waals surface area (Å²) in [5.41, 5.74) is 2.77. The van der Waals surface area contributed by atoms with Crippen LogP contribution in [0.5, 0.6) is 0 Å². The summed E-state index contributed by atoms with van der Waals surface area (Å²) >= 11 is 0. The van der Waals surface area contributed by atoms with Crippen LogP contribution in [-0.2, 0) is 13.0 Å². The molecule has 0 amide bonds. The number of hydrogen-bond acceptors (Lipinski definition) is 4. The third-order valence-corrected chi connectivity index (χ3v) is 6.82. The highest BCUT2D eigenvalue weighted by molar-refractivity contribution is 5.93. The smallest absolute Gasteiger partial charge is 0.341 e. The predicted molar refractivity (Wildman–Crippen MR) is 127 cm³/mol. The van der Waals surface area contributed by atoms with Gasteiger partial charge in [-0.2, -0.15) is 0 Å². The first-order valence-electron chi connectivity index (χ1n) is 11.6. The number of rotatable bonds is 6. The first-order valence-corrected chi connectivity index (χ1v) is 11.6. The van der Waals surface area contributed by atoms with Gasteiger partial charge in [0.15, 0.2) is 0 Å². The summed E-state index contributed by atoms with van der Waals surface area (Å²) in [5.74, 6) is -1.76. The molecular weight excluding hydrogens is 421 g/mol. The van der Waals surface area contributed by atoms with Crippen LogP contribution in [0, 0.1) is 5.82 Å². The molecule has 5 rings (SSSR count). The van der Waals surface area contributed by atoms with Crippen LogP contribution in [0.1, 0.15) is 47.3 Å². The summed E-state index contributed by atoms with van der Waals surface area (Å²) < 4.78 is 17.0. The average Bonchev–Trinajstić information content (AvgIpc) is 3.66. The third-order valence-electron chi connectivity index (χ3n) is 6.82. The standard InChI is InChI=1S/C26H28FN3O3/c1-2-17-3-5-18(6-4-17)15-28-9-11-29(12-10-28)24-14-23-20(13-22(24)27)25(31)21(26(32)33)16-30(23)19-7-8-19/h3-6,13-14,16,19H,2,7-12,15H2,1H3,(H,32,33). The molecule has 1 N–H and O–H groups in total. The fraction of sp³-hybridized carbons (Fsp3) is 0.385. The van der Waals surface area contributed by atoms with E-state index in [1.54, 1.807) is 6.07 Å². The van der Waals surface area contributed by atoms with Gasteiger partial charge in [-0.3, -0.25) is 9.69 Å². The highest BCUT2D eigenvalue weighted by Crippen LogP contribution is 2.38. The quantitative estimate of drug-likeness (QED) is 0.615. The molecule has 0 radical (unpaired) electrons. The average molecular weight is 450 g/mol. The fourth-order valence-corrected chi connectivity index (χ4v) is 4.69. The van der Waals surface area contributed by atoms with Gasteiger partial charge >= 0.3 is 5.97 Å². The van der Waals surface area contributed by atoms with Crippen molar-refractivity contribution in [2.75, 3.05) is 31.1 Å². The van der Waals surface area contributed by atoms with Crippen LogP contribution in [0.15, 0.2) is 47.4 Å². The minimum atomic E-state index is -1.28. The number of hydrogen-bond donors (Lipinski definition) is 1. The number of anilines is 1. The molecule has 0 spiro atoms. The molecule has 1 saturated heterocycles. The van der Waals surface area contributed by atoms with Crippen LogP contribution in [0.2, 0.25) is 0 Å². The van der Waals surface area contributed by atoms with E-state index < -0.39 is 17.2 Å². The number of carboxylic acid groups (broad SMARTS) is 1. The molecule has 2 heterocycles. The Bertz CT molecular complexity index is 1260. The van der Waals surface area contributed by atoms with E-state index in [2.05, 4.69) is 36.1 Å². The van der Waals surface area contributed by atoms with Gasteiger partial charge in [-0.1, -0.05) is 31.2 Å². The van der Waals surface area contributed by atoms with Crippen molar-refractivity contribution < 1.29 is 14.3 Å². The number of aryl methyl sites for hydroxylation is 1. The Morgan fingerprint density at radius 1 is 1.06 bits per heavy atom. The Hall–Kier alpha value is -3.19. The number of carboxylic acids is 1. The Morgan fingerprint density at radius 2 is 1.73 bits per heavy atom. The number of aromatic carboxylic acids is 1. The van der Waals surface area contributed by atoms with Gasteiger partial charge in [-0.15, -0.1) is 0 Å². The second kappa shape index (κ2) is 8.63. The van der Waals surface area contributed by atoms with Crippen molar-refractivity contribution in [1.82, 2.24) is 9.47 Å². The highest BCUT2D eigenvalue weighted by Gasteiger charge is 2.28. The molecule has 1 aliphatic heterocycles. The minimum absolute atomic E-state index is 0.136. The lowest BCUT2D eigenvalue weighted by molar-refractivity contribution is 0.0695. The van der Waals surface area contributed by atoms with E-state index in [-0.39, 0.29) is 17.0 Å². The maximum atomic E-state index is 15.1. The molecule has 33 heavy (non-hydrogen) atoms. The van der Waals surface area contributed by atoms with E-state index in [1.165, 1.54) is 23.4 Å². The zero-order valence-electron chi connectivity index (χ0n) is 18.8. The lowest BCUT2D eigenvalue weighted by Gasteiger charge is -2.36. The Labute approximate surface area is 191 Å². The Kier molecular flexibility index (Phi) is 5.66. The molecule has 1 aliphatic carbocycles. The van der Waals surface area contributed by atoms with Gasteiger partial charge < -0.3 is 14.6 Å². The maximum absolute atomic E-state index is 15.1. The topological polar surface area (TPSA) is 65.8 Å². The van der Waals surface area contributed by atoms with E-state index in [9.17, 15) is 14.7 Å². The van der Waals surface area contributed by atoms with E-state index in [4.69, 9.17) is 0 Å². The number of pyridine rings is 1. The molecule has 2 aliphatic rings. The second-order valence-corrected chi connectivity index (χ2v) is 9.07. The SMILES string of the molecule is CCc1ccc(CN2CCN(c3cc4c(cc3F)c(=O)c(C(=O)O)cn4C3CC3)CC2)cc1. The zero-order chi connectivity index (χ0) is 23.1. The summed E-state index contributed by atoms with van der Waals surface area (Å²) in [6, 6.07) is 11.8. The Morgan fingerprint density at radius 3 is 2.33 bits per heavy atom. The van der Waals surface area contributed by atoms with Gasteiger partial charge in [0, 0.05) is 50.3 Å². The molecule has 1 saturated carbocycles. The molecular formula is C26H28FN3O3. The van der Waals surface area contributed by atoms with Crippen molar-refractivity contribution in [2.45, 2.75) is 38.8 Å². The molecule has 1 aromatic heterocycles. The van der Waals surface area contributed by atoms with Gasteiger partial charge in [0.25, 0.3) is 0 Å². The van der Waals surface area contributed by atoms with Gasteiger partial charge in [0.05, 0.1) is 11.2 Å². The van der Waals surface area contributed by atoms with Crippen molar-refractivity contribution in [1.29, 1.82) is 0 Å². The summed E-state index contributed by atoms with van der Waals surface area (Å²) in [5, 5.41) is 9.55. The summed E-state index contributed by atoms with van der Waals surface area (Å²) in [4.78, 5) is 28.6. The van der Waals surface area contributed by atoms with Crippen LogP contribution in [0.25, 0.3) is 10.9 Å². The van der Waals surface area contributed by atoms with E-state index >= 15 is 4.39 Å². The largest absolute Gasteiger partial charge is 0.477 e. The second-order valence-electron chi connectivity index (χ2n) is 9.07. The fourth-order valence-electron chi connectivity index (χ4n) is 4.69. The monoisotopic (exact) mass is 449 g/mol. The zero-order valence-corrected chi connectivity index (χ0v) is 18.8. The molecule has 0 bridgehead atoms. The molecule has 6 nitrogen and oxygen atoms in total. The Balaban J connectivity index is 1.38. The van der Waals surface area contributed by atoms with E-state index in [1.807, 2.05) is 9.47 Å². The molecule has 2 fully saturated rings. The molecule has 172 valence electrons. The lowest BCUT2D eigenvalue weighted by atomic mass is 10.1. The number of benzene rings is 2.